The molecule has 1 aliphatic heterocycles. The maximum absolute atomic E-state index is 12.3. The van der Waals surface area contributed by atoms with Crippen molar-refractivity contribution in [1.29, 1.82) is 5.41 Å². The van der Waals surface area contributed by atoms with Crippen LogP contribution in [0.1, 0.15) is 22.3 Å². The van der Waals surface area contributed by atoms with Gasteiger partial charge in [-0.1, -0.05) is 30.0 Å². The molecule has 31 heavy (non-hydrogen) atoms. The topological polar surface area (TPSA) is 159 Å². The first kappa shape index (κ1) is 22.2. The number of aryl methyl sites for hydroxylation is 1. The van der Waals surface area contributed by atoms with Crippen molar-refractivity contribution in [1.82, 2.24) is 15.5 Å². The number of ether oxygens (including phenoxy) is 1. The standard InChI is InChI=1S/C18H17N7O4S2/c1-3-12-24-25-18(31-12)20-11(26)8-30-17-22-14(19)13(16(28)23-17)21-15(27)9-4-6-10(29-2)7-5-9/h4-7H,3,8H2,1-2H3,(H,20,25,26)(H2,19,22,23,28). The third-order valence-corrected chi connectivity index (χ3v) is 5.64. The summed E-state index contributed by atoms with van der Waals surface area (Å²) in [6, 6.07) is 6.17. The second-order valence-corrected chi connectivity index (χ2v) is 7.93. The van der Waals surface area contributed by atoms with Crippen LogP contribution in [0.2, 0.25) is 0 Å². The van der Waals surface area contributed by atoms with E-state index in [1.54, 1.807) is 12.1 Å². The van der Waals surface area contributed by atoms with E-state index < -0.39 is 23.4 Å². The van der Waals surface area contributed by atoms with Crippen LogP contribution >= 0.6 is 23.1 Å². The van der Waals surface area contributed by atoms with Crippen molar-refractivity contribution in [3.63, 3.8) is 0 Å². The molecule has 0 spiro atoms. The van der Waals surface area contributed by atoms with Crippen molar-refractivity contribution < 1.29 is 19.1 Å². The fourth-order valence-corrected chi connectivity index (χ4v) is 3.61. The number of amides is 3. The number of carbonyl (C=O) groups excluding carboxylic acids is 3. The van der Waals surface area contributed by atoms with E-state index in [1.807, 2.05) is 6.92 Å². The van der Waals surface area contributed by atoms with Gasteiger partial charge in [0, 0.05) is 5.56 Å². The molecule has 3 amide bonds. The minimum Gasteiger partial charge on any atom is -0.497 e. The fourth-order valence-electron chi connectivity index (χ4n) is 2.25. The molecule has 1 aliphatic rings. The lowest BCUT2D eigenvalue weighted by Gasteiger charge is -2.14. The van der Waals surface area contributed by atoms with Crippen LogP contribution in [0.25, 0.3) is 0 Å². The molecule has 0 saturated carbocycles. The summed E-state index contributed by atoms with van der Waals surface area (Å²) >= 11 is 2.21. The molecule has 3 rings (SSSR count). The van der Waals surface area contributed by atoms with E-state index in [2.05, 4.69) is 30.8 Å². The smallest absolute Gasteiger partial charge is 0.279 e. The lowest BCUT2D eigenvalue weighted by atomic mass is 10.2. The van der Waals surface area contributed by atoms with Gasteiger partial charge in [-0.3, -0.25) is 30.4 Å². The number of anilines is 1. The maximum Gasteiger partial charge on any atom is 0.279 e. The van der Waals surface area contributed by atoms with Gasteiger partial charge in [0.25, 0.3) is 11.8 Å². The van der Waals surface area contributed by atoms with Crippen LogP contribution in [0.15, 0.2) is 34.3 Å². The predicted molar refractivity (Wildman–Crippen MR) is 118 cm³/mol. The van der Waals surface area contributed by atoms with Crippen LogP contribution in [0.5, 0.6) is 5.75 Å². The number of nitrogens with zero attached hydrogens (tertiary/aromatic N) is 4. The summed E-state index contributed by atoms with van der Waals surface area (Å²) in [7, 11) is 1.50. The lowest BCUT2D eigenvalue weighted by Crippen LogP contribution is -2.43. The third-order valence-electron chi connectivity index (χ3n) is 3.78. The van der Waals surface area contributed by atoms with Crippen molar-refractivity contribution in [3.8, 4) is 5.75 Å². The summed E-state index contributed by atoms with van der Waals surface area (Å²) < 4.78 is 5.02. The van der Waals surface area contributed by atoms with Crippen LogP contribution in [-0.2, 0) is 16.0 Å². The number of nitrogens with one attached hydrogen (secondary N) is 3. The Balaban J connectivity index is 1.60. The first-order valence-electron chi connectivity index (χ1n) is 8.90. The van der Waals surface area contributed by atoms with Gasteiger partial charge in [-0.15, -0.1) is 10.2 Å². The molecule has 1 aromatic carbocycles. The van der Waals surface area contributed by atoms with E-state index in [0.29, 0.717) is 10.9 Å². The number of aliphatic imine (C=N–C) groups is 2. The van der Waals surface area contributed by atoms with E-state index in [0.717, 1.165) is 23.2 Å². The Labute approximate surface area is 184 Å². The molecule has 2 heterocycles. The molecule has 0 aliphatic carbocycles. The van der Waals surface area contributed by atoms with Crippen LogP contribution in [-0.4, -0.2) is 57.5 Å². The zero-order valence-corrected chi connectivity index (χ0v) is 18.1. The van der Waals surface area contributed by atoms with Gasteiger partial charge in [0.2, 0.25) is 11.0 Å². The highest BCUT2D eigenvalue weighted by atomic mass is 32.2. The van der Waals surface area contributed by atoms with Crippen molar-refractivity contribution in [3.05, 3.63) is 34.8 Å². The Morgan fingerprint density at radius 3 is 2.65 bits per heavy atom. The molecule has 160 valence electrons. The molecule has 3 N–H and O–H groups in total. The van der Waals surface area contributed by atoms with Crippen LogP contribution < -0.4 is 15.4 Å². The highest BCUT2D eigenvalue weighted by Gasteiger charge is 2.26. The molecule has 2 aromatic rings. The number of amidine groups is 2. The Bertz CT molecular complexity index is 1090. The molecule has 0 radical (unpaired) electrons. The van der Waals surface area contributed by atoms with Gasteiger partial charge < -0.3 is 4.74 Å². The van der Waals surface area contributed by atoms with Gasteiger partial charge in [0.05, 0.1) is 12.9 Å². The number of thioether (sulfide) groups is 1. The Hall–Kier alpha value is -3.45. The van der Waals surface area contributed by atoms with Crippen LogP contribution in [0, 0.1) is 5.41 Å². The van der Waals surface area contributed by atoms with Crippen LogP contribution in [0.3, 0.4) is 0 Å². The quantitative estimate of drug-likeness (QED) is 0.590. The van der Waals surface area contributed by atoms with Crippen molar-refractivity contribution in [2.75, 3.05) is 18.2 Å². The highest BCUT2D eigenvalue weighted by Crippen LogP contribution is 2.16. The molecule has 0 fully saturated rings. The normalized spacial score (nSPS) is 14.8. The van der Waals surface area contributed by atoms with E-state index in [1.165, 1.54) is 30.6 Å². The summed E-state index contributed by atoms with van der Waals surface area (Å²) in [5.41, 5.74) is -0.173. The SMILES string of the molecule is CCc1nnc(NC(=O)CSC2=NC(=N)C(=NC(=O)c3ccc(OC)cc3)C(=O)N2)s1. The van der Waals surface area contributed by atoms with E-state index in [9.17, 15) is 14.4 Å². The number of rotatable bonds is 6. The van der Waals surface area contributed by atoms with Gasteiger partial charge in [0.15, 0.2) is 16.7 Å². The van der Waals surface area contributed by atoms with E-state index >= 15 is 0 Å². The summed E-state index contributed by atoms with van der Waals surface area (Å²) in [5, 5.41) is 22.0. The number of hydrogen-bond donors (Lipinski definition) is 3. The Morgan fingerprint density at radius 1 is 1.29 bits per heavy atom. The molecule has 0 unspecified atom stereocenters. The summed E-state index contributed by atoms with van der Waals surface area (Å²) in [6.07, 6.45) is 0.720. The first-order valence-corrected chi connectivity index (χ1v) is 10.7. The summed E-state index contributed by atoms with van der Waals surface area (Å²) in [4.78, 5) is 44.2. The lowest BCUT2D eigenvalue weighted by molar-refractivity contribution is -0.114. The minimum absolute atomic E-state index is 0.0625. The fraction of sp³-hybridized carbons (Fsp3) is 0.222. The van der Waals surface area contributed by atoms with Crippen molar-refractivity contribution in [2.45, 2.75) is 13.3 Å². The van der Waals surface area contributed by atoms with Gasteiger partial charge in [-0.2, -0.15) is 4.99 Å². The molecule has 0 atom stereocenters. The number of benzene rings is 1. The van der Waals surface area contributed by atoms with Gasteiger partial charge in [-0.25, -0.2) is 4.99 Å². The Morgan fingerprint density at radius 2 is 2.03 bits per heavy atom. The summed E-state index contributed by atoms with van der Waals surface area (Å²) in [6.45, 7) is 1.93. The van der Waals surface area contributed by atoms with Crippen molar-refractivity contribution >= 4 is 62.7 Å². The molecule has 13 heteroatoms. The Kier molecular flexibility index (Phi) is 7.20. The van der Waals surface area contributed by atoms with Gasteiger partial charge in [-0.05, 0) is 30.7 Å². The average Bonchev–Trinajstić information content (AvgIpc) is 3.22. The monoisotopic (exact) mass is 459 g/mol. The number of methoxy groups -OCH3 is 1. The van der Waals surface area contributed by atoms with E-state index in [-0.39, 0.29) is 22.4 Å². The number of hydrogen-bond acceptors (Lipinski definition) is 9. The second kappa shape index (κ2) is 10.0. The second-order valence-electron chi connectivity index (χ2n) is 5.91. The largest absolute Gasteiger partial charge is 0.497 e. The number of aromatic nitrogens is 2. The minimum atomic E-state index is -0.749. The molecule has 11 nitrogen and oxygen atoms in total. The molecular weight excluding hydrogens is 442 g/mol. The zero-order chi connectivity index (χ0) is 22.4. The van der Waals surface area contributed by atoms with Gasteiger partial charge >= 0.3 is 0 Å². The molecule has 0 bridgehead atoms. The third kappa shape index (κ3) is 5.79. The molecular formula is C18H17N7O4S2. The number of carbonyl (C=O) groups is 3. The first-order chi connectivity index (χ1) is 14.9. The average molecular weight is 460 g/mol. The maximum atomic E-state index is 12.3. The predicted octanol–water partition coefficient (Wildman–Crippen LogP) is 1.53. The van der Waals surface area contributed by atoms with E-state index in [4.69, 9.17) is 10.1 Å². The van der Waals surface area contributed by atoms with Crippen molar-refractivity contribution in [2.24, 2.45) is 9.98 Å². The molecule has 0 saturated heterocycles. The van der Waals surface area contributed by atoms with Crippen LogP contribution in [0.4, 0.5) is 5.13 Å². The highest BCUT2D eigenvalue weighted by molar-refractivity contribution is 8.14. The summed E-state index contributed by atoms with van der Waals surface area (Å²) in [5.74, 6) is -1.76. The molecule has 1 aromatic heterocycles. The zero-order valence-electron chi connectivity index (χ0n) is 16.5. The van der Waals surface area contributed by atoms with Gasteiger partial charge in [0.1, 0.15) is 10.8 Å².